The highest BCUT2D eigenvalue weighted by atomic mass is 16.2. The quantitative estimate of drug-likeness (QED) is 0.869. The monoisotopic (exact) mass is 266 g/mol. The van der Waals surface area contributed by atoms with E-state index in [0.29, 0.717) is 11.1 Å². The second-order valence-corrected chi connectivity index (χ2v) is 4.77. The van der Waals surface area contributed by atoms with Crippen LogP contribution >= 0.6 is 0 Å². The summed E-state index contributed by atoms with van der Waals surface area (Å²) in [5.41, 5.74) is 3.47. The summed E-state index contributed by atoms with van der Waals surface area (Å²) in [6.45, 7) is 2.08. The molecular formula is C16H14N2O2. The molecular weight excluding hydrogens is 252 g/mol. The lowest BCUT2D eigenvalue weighted by molar-refractivity contribution is 0.0880. The zero-order valence-electron chi connectivity index (χ0n) is 11.1. The van der Waals surface area contributed by atoms with Crippen molar-refractivity contribution in [1.29, 1.82) is 0 Å². The first-order valence-corrected chi connectivity index (χ1v) is 6.65. The number of rotatable bonds is 3. The van der Waals surface area contributed by atoms with Crippen molar-refractivity contribution < 1.29 is 9.59 Å². The molecule has 2 aromatic rings. The molecule has 0 unspecified atom stereocenters. The van der Waals surface area contributed by atoms with Gasteiger partial charge in [-0.05, 0) is 30.2 Å². The molecule has 0 spiro atoms. The Hall–Kier alpha value is -2.49. The van der Waals surface area contributed by atoms with Gasteiger partial charge in [-0.25, -0.2) is 0 Å². The van der Waals surface area contributed by atoms with E-state index < -0.39 is 0 Å². The highest BCUT2D eigenvalue weighted by molar-refractivity contribution is 6.24. The van der Waals surface area contributed by atoms with E-state index in [0.717, 1.165) is 29.7 Å². The fourth-order valence-electron chi connectivity index (χ4n) is 2.58. The SMILES string of the molecule is CCCc1ccc2c(c1-c1ccccn1)C(=O)NC2=O. The number of nitrogens with zero attached hydrogens (tertiary/aromatic N) is 1. The zero-order valence-corrected chi connectivity index (χ0v) is 11.1. The lowest BCUT2D eigenvalue weighted by atomic mass is 9.92. The van der Waals surface area contributed by atoms with Gasteiger partial charge in [0, 0.05) is 11.8 Å². The van der Waals surface area contributed by atoms with E-state index in [1.54, 1.807) is 12.3 Å². The van der Waals surface area contributed by atoms with Crippen molar-refractivity contribution in [2.45, 2.75) is 19.8 Å². The molecule has 3 rings (SSSR count). The van der Waals surface area contributed by atoms with E-state index >= 15 is 0 Å². The van der Waals surface area contributed by atoms with Crippen molar-refractivity contribution in [3.63, 3.8) is 0 Å². The first kappa shape index (κ1) is 12.5. The molecule has 20 heavy (non-hydrogen) atoms. The number of nitrogens with one attached hydrogen (secondary N) is 1. The molecule has 2 amide bonds. The molecule has 1 N–H and O–H groups in total. The van der Waals surface area contributed by atoms with Crippen molar-refractivity contribution in [2.75, 3.05) is 0 Å². The number of pyridine rings is 1. The number of fused-ring (bicyclic) bond motifs is 1. The van der Waals surface area contributed by atoms with Crippen LogP contribution in [0.15, 0.2) is 36.5 Å². The number of imide groups is 1. The van der Waals surface area contributed by atoms with Gasteiger partial charge in [0.05, 0.1) is 16.8 Å². The van der Waals surface area contributed by atoms with Crippen LogP contribution in [0.1, 0.15) is 39.6 Å². The van der Waals surface area contributed by atoms with E-state index in [4.69, 9.17) is 0 Å². The Bertz CT molecular complexity index is 693. The summed E-state index contributed by atoms with van der Waals surface area (Å²) in [5, 5.41) is 2.36. The van der Waals surface area contributed by atoms with Crippen molar-refractivity contribution >= 4 is 11.8 Å². The number of benzene rings is 1. The number of hydrogen-bond acceptors (Lipinski definition) is 3. The zero-order chi connectivity index (χ0) is 14.1. The third-order valence-corrected chi connectivity index (χ3v) is 3.43. The maximum atomic E-state index is 12.1. The molecule has 4 nitrogen and oxygen atoms in total. The summed E-state index contributed by atoms with van der Waals surface area (Å²) in [7, 11) is 0. The van der Waals surface area contributed by atoms with Gasteiger partial charge in [-0.3, -0.25) is 19.9 Å². The Labute approximate surface area is 116 Å². The molecule has 0 atom stereocenters. The number of carbonyl (C=O) groups is 2. The molecule has 2 heterocycles. The normalized spacial score (nSPS) is 13.2. The number of carbonyl (C=O) groups excluding carboxylic acids is 2. The molecule has 4 heteroatoms. The Morgan fingerprint density at radius 2 is 1.90 bits per heavy atom. The van der Waals surface area contributed by atoms with Crippen molar-refractivity contribution in [3.8, 4) is 11.3 Å². The van der Waals surface area contributed by atoms with Crippen molar-refractivity contribution in [2.24, 2.45) is 0 Å². The largest absolute Gasteiger partial charge is 0.288 e. The van der Waals surface area contributed by atoms with E-state index in [9.17, 15) is 9.59 Å². The fourth-order valence-corrected chi connectivity index (χ4v) is 2.58. The lowest BCUT2D eigenvalue weighted by Crippen LogP contribution is -2.20. The minimum atomic E-state index is -0.330. The fraction of sp³-hybridized carbons (Fsp3) is 0.188. The van der Waals surface area contributed by atoms with Crippen LogP contribution in [-0.4, -0.2) is 16.8 Å². The van der Waals surface area contributed by atoms with Gasteiger partial charge in [0.25, 0.3) is 11.8 Å². The highest BCUT2D eigenvalue weighted by Gasteiger charge is 2.31. The van der Waals surface area contributed by atoms with Crippen LogP contribution in [0.25, 0.3) is 11.3 Å². The minimum absolute atomic E-state index is 0.328. The molecule has 0 radical (unpaired) electrons. The predicted octanol–water partition coefficient (Wildman–Crippen LogP) is 2.58. The summed E-state index contributed by atoms with van der Waals surface area (Å²) in [6, 6.07) is 9.23. The number of aryl methyl sites for hydroxylation is 1. The Balaban J connectivity index is 2.30. The van der Waals surface area contributed by atoms with Gasteiger partial charge < -0.3 is 0 Å². The van der Waals surface area contributed by atoms with E-state index in [1.807, 2.05) is 24.3 Å². The first-order valence-electron chi connectivity index (χ1n) is 6.65. The van der Waals surface area contributed by atoms with Gasteiger partial charge in [-0.15, -0.1) is 0 Å². The van der Waals surface area contributed by atoms with Crippen LogP contribution in [0.5, 0.6) is 0 Å². The Morgan fingerprint density at radius 3 is 2.60 bits per heavy atom. The maximum Gasteiger partial charge on any atom is 0.259 e. The molecule has 100 valence electrons. The van der Waals surface area contributed by atoms with Gasteiger partial charge in [-0.1, -0.05) is 25.5 Å². The molecule has 0 saturated heterocycles. The summed E-state index contributed by atoms with van der Waals surface area (Å²) in [6.07, 6.45) is 3.51. The molecule has 0 bridgehead atoms. The number of hydrogen-bond donors (Lipinski definition) is 1. The molecule has 1 aliphatic rings. The van der Waals surface area contributed by atoms with Crippen LogP contribution < -0.4 is 5.32 Å². The maximum absolute atomic E-state index is 12.1. The second kappa shape index (κ2) is 4.89. The van der Waals surface area contributed by atoms with E-state index in [-0.39, 0.29) is 11.8 Å². The highest BCUT2D eigenvalue weighted by Crippen LogP contribution is 2.32. The average Bonchev–Trinajstić information content (AvgIpc) is 2.75. The van der Waals surface area contributed by atoms with Crippen LogP contribution in [0.4, 0.5) is 0 Å². The molecule has 0 aliphatic carbocycles. The van der Waals surface area contributed by atoms with Crippen LogP contribution in [0, 0.1) is 0 Å². The molecule has 1 aromatic heterocycles. The third-order valence-electron chi connectivity index (χ3n) is 3.43. The van der Waals surface area contributed by atoms with Gasteiger partial charge in [0.2, 0.25) is 0 Å². The number of aromatic nitrogens is 1. The van der Waals surface area contributed by atoms with Crippen LogP contribution in [0.3, 0.4) is 0 Å². The number of amides is 2. The molecule has 1 aliphatic heterocycles. The predicted molar refractivity (Wildman–Crippen MR) is 75.5 cm³/mol. The van der Waals surface area contributed by atoms with E-state index in [1.165, 1.54) is 0 Å². The topological polar surface area (TPSA) is 59.1 Å². The molecule has 0 fully saturated rings. The van der Waals surface area contributed by atoms with Crippen molar-refractivity contribution in [1.82, 2.24) is 10.3 Å². The molecule has 1 aromatic carbocycles. The summed E-state index contributed by atoms with van der Waals surface area (Å²) < 4.78 is 0. The van der Waals surface area contributed by atoms with Crippen LogP contribution in [0.2, 0.25) is 0 Å². The summed E-state index contributed by atoms with van der Waals surface area (Å²) in [4.78, 5) is 28.2. The van der Waals surface area contributed by atoms with Gasteiger partial charge >= 0.3 is 0 Å². The standard InChI is InChI=1S/C16H14N2O2/c1-2-5-10-7-8-11-14(16(20)18-15(11)19)13(10)12-6-3-4-9-17-12/h3-4,6-9H,2,5H2,1H3,(H,18,19,20). The van der Waals surface area contributed by atoms with Gasteiger partial charge in [0.15, 0.2) is 0 Å². The Morgan fingerprint density at radius 1 is 1.05 bits per heavy atom. The molecule has 0 saturated carbocycles. The first-order chi connectivity index (χ1) is 9.72. The minimum Gasteiger partial charge on any atom is -0.288 e. The van der Waals surface area contributed by atoms with E-state index in [2.05, 4.69) is 17.2 Å². The average molecular weight is 266 g/mol. The van der Waals surface area contributed by atoms with Gasteiger partial charge in [-0.2, -0.15) is 0 Å². The Kier molecular flexibility index (Phi) is 3.06. The smallest absolute Gasteiger partial charge is 0.259 e. The summed E-state index contributed by atoms with van der Waals surface area (Å²) in [5.74, 6) is -0.658. The van der Waals surface area contributed by atoms with Crippen LogP contribution in [-0.2, 0) is 6.42 Å². The van der Waals surface area contributed by atoms with Gasteiger partial charge in [0.1, 0.15) is 0 Å². The third kappa shape index (κ3) is 1.90. The van der Waals surface area contributed by atoms with Crippen molar-refractivity contribution in [3.05, 3.63) is 53.2 Å². The second-order valence-electron chi connectivity index (χ2n) is 4.77. The lowest BCUT2D eigenvalue weighted by Gasteiger charge is -2.11. The summed E-state index contributed by atoms with van der Waals surface area (Å²) >= 11 is 0.